The summed E-state index contributed by atoms with van der Waals surface area (Å²) < 4.78 is 0. The number of carbonyl (C=O) groups excluding carboxylic acids is 1. The molecule has 2 amide bonds. The van der Waals surface area contributed by atoms with Crippen molar-refractivity contribution in [1.82, 2.24) is 10.6 Å². The van der Waals surface area contributed by atoms with E-state index in [1.165, 1.54) is 0 Å². The van der Waals surface area contributed by atoms with Gasteiger partial charge in [0.25, 0.3) is 0 Å². The van der Waals surface area contributed by atoms with E-state index in [0.717, 1.165) is 6.42 Å². The molecule has 1 rings (SSSR count). The molecule has 0 aliphatic heterocycles. The van der Waals surface area contributed by atoms with Crippen molar-refractivity contribution in [2.45, 2.75) is 45.2 Å². The van der Waals surface area contributed by atoms with Gasteiger partial charge in [0.05, 0.1) is 6.42 Å². The van der Waals surface area contributed by atoms with Crippen molar-refractivity contribution in [2.75, 3.05) is 0 Å². The van der Waals surface area contributed by atoms with Crippen LogP contribution in [0.2, 0.25) is 0 Å². The predicted octanol–water partition coefficient (Wildman–Crippen LogP) is 0.947. The van der Waals surface area contributed by atoms with Crippen molar-refractivity contribution in [3.63, 3.8) is 0 Å². The third-order valence-electron chi connectivity index (χ3n) is 2.47. The molecule has 0 radical (unpaired) electrons. The maximum Gasteiger partial charge on any atom is 0.315 e. The van der Waals surface area contributed by atoms with Crippen LogP contribution in [0.3, 0.4) is 0 Å². The number of carbonyl (C=O) groups is 2. The van der Waals surface area contributed by atoms with Crippen molar-refractivity contribution in [1.29, 1.82) is 0 Å². The Morgan fingerprint density at radius 2 is 2.00 bits per heavy atom. The first-order valence-electron chi connectivity index (χ1n) is 5.10. The van der Waals surface area contributed by atoms with E-state index in [1.807, 2.05) is 0 Å². The molecule has 2 atom stereocenters. The van der Waals surface area contributed by atoms with Gasteiger partial charge in [0, 0.05) is 11.6 Å². The highest BCUT2D eigenvalue weighted by atomic mass is 16.4. The second-order valence-electron chi connectivity index (χ2n) is 4.87. The summed E-state index contributed by atoms with van der Waals surface area (Å²) in [5.41, 5.74) is -0.714. The zero-order chi connectivity index (χ0) is 11.6. The zero-order valence-electron chi connectivity index (χ0n) is 9.33. The van der Waals surface area contributed by atoms with Crippen LogP contribution in [0.15, 0.2) is 0 Å². The molecule has 0 aromatic heterocycles. The molecule has 0 spiro atoms. The fourth-order valence-corrected chi connectivity index (χ4v) is 1.46. The number of hydrogen-bond donors (Lipinski definition) is 3. The van der Waals surface area contributed by atoms with Gasteiger partial charge in [-0.25, -0.2) is 4.79 Å². The molecule has 15 heavy (non-hydrogen) atoms. The van der Waals surface area contributed by atoms with Gasteiger partial charge in [-0.15, -0.1) is 0 Å². The van der Waals surface area contributed by atoms with Gasteiger partial charge in [-0.3, -0.25) is 4.79 Å². The fourth-order valence-electron chi connectivity index (χ4n) is 1.46. The molecular formula is C10H18N2O3. The number of aliphatic carboxylic acids is 1. The van der Waals surface area contributed by atoms with Crippen LogP contribution >= 0.6 is 0 Å². The van der Waals surface area contributed by atoms with E-state index >= 15 is 0 Å². The predicted molar refractivity (Wildman–Crippen MR) is 55.6 cm³/mol. The van der Waals surface area contributed by atoms with Crippen LogP contribution in [-0.2, 0) is 4.79 Å². The number of carboxylic acid groups (broad SMARTS) is 1. The van der Waals surface area contributed by atoms with Crippen LogP contribution in [0.5, 0.6) is 0 Å². The molecule has 1 saturated carbocycles. The molecule has 5 heteroatoms. The van der Waals surface area contributed by atoms with Gasteiger partial charge in [0.2, 0.25) is 0 Å². The lowest BCUT2D eigenvalue weighted by Gasteiger charge is -2.24. The van der Waals surface area contributed by atoms with Crippen LogP contribution < -0.4 is 10.6 Å². The highest BCUT2D eigenvalue weighted by Crippen LogP contribution is 2.28. The summed E-state index contributed by atoms with van der Waals surface area (Å²) in [5, 5.41) is 14.1. The van der Waals surface area contributed by atoms with Crippen molar-refractivity contribution < 1.29 is 14.7 Å². The third kappa shape index (κ3) is 4.18. The Labute approximate surface area is 89.2 Å². The molecule has 1 aliphatic rings. The number of carboxylic acids is 1. The Bertz CT molecular complexity index is 276. The first kappa shape index (κ1) is 11.8. The van der Waals surface area contributed by atoms with Gasteiger partial charge < -0.3 is 15.7 Å². The first-order valence-corrected chi connectivity index (χ1v) is 5.10. The second kappa shape index (κ2) is 4.08. The van der Waals surface area contributed by atoms with Crippen molar-refractivity contribution in [2.24, 2.45) is 5.92 Å². The SMILES string of the molecule is CC1CC1NC(=O)NC(C)(C)CC(=O)O. The lowest BCUT2D eigenvalue weighted by Crippen LogP contribution is -2.50. The van der Waals surface area contributed by atoms with E-state index in [-0.39, 0.29) is 18.5 Å². The number of hydrogen-bond acceptors (Lipinski definition) is 2. The average molecular weight is 214 g/mol. The average Bonchev–Trinajstić information content (AvgIpc) is 2.60. The Kier molecular flexibility index (Phi) is 3.21. The smallest absolute Gasteiger partial charge is 0.315 e. The summed E-state index contributed by atoms with van der Waals surface area (Å²) in [6.07, 6.45) is 0.924. The fraction of sp³-hybridized carbons (Fsp3) is 0.800. The Hall–Kier alpha value is -1.26. The molecule has 3 N–H and O–H groups in total. The normalized spacial score (nSPS) is 24.5. The van der Waals surface area contributed by atoms with Gasteiger partial charge in [0.1, 0.15) is 0 Å². The molecule has 0 aromatic carbocycles. The molecule has 0 heterocycles. The number of rotatable bonds is 4. The van der Waals surface area contributed by atoms with Gasteiger partial charge in [0.15, 0.2) is 0 Å². The van der Waals surface area contributed by atoms with Gasteiger partial charge in [-0.2, -0.15) is 0 Å². The Morgan fingerprint density at radius 3 is 2.40 bits per heavy atom. The maximum atomic E-state index is 11.4. The summed E-state index contributed by atoms with van der Waals surface area (Å²) in [5.74, 6) is -0.376. The summed E-state index contributed by atoms with van der Waals surface area (Å²) >= 11 is 0. The van der Waals surface area contributed by atoms with Crippen molar-refractivity contribution in [3.8, 4) is 0 Å². The minimum atomic E-state index is -0.917. The molecule has 5 nitrogen and oxygen atoms in total. The lowest BCUT2D eigenvalue weighted by molar-refractivity contribution is -0.138. The topological polar surface area (TPSA) is 78.4 Å². The van der Waals surface area contributed by atoms with Crippen LogP contribution in [0, 0.1) is 5.92 Å². The first-order chi connectivity index (χ1) is 6.80. The number of nitrogens with one attached hydrogen (secondary N) is 2. The van der Waals surface area contributed by atoms with Crippen LogP contribution in [0.4, 0.5) is 4.79 Å². The van der Waals surface area contributed by atoms with Crippen LogP contribution in [-0.4, -0.2) is 28.7 Å². The molecule has 1 fully saturated rings. The van der Waals surface area contributed by atoms with E-state index in [2.05, 4.69) is 17.6 Å². The highest BCUT2D eigenvalue weighted by Gasteiger charge is 2.35. The lowest BCUT2D eigenvalue weighted by atomic mass is 10.0. The van der Waals surface area contributed by atoms with Crippen molar-refractivity contribution >= 4 is 12.0 Å². The molecule has 0 bridgehead atoms. The Balaban J connectivity index is 2.32. The molecule has 2 unspecified atom stereocenters. The van der Waals surface area contributed by atoms with Gasteiger partial charge >= 0.3 is 12.0 Å². The van der Waals surface area contributed by atoms with Gasteiger partial charge in [-0.05, 0) is 26.2 Å². The van der Waals surface area contributed by atoms with E-state index < -0.39 is 11.5 Å². The monoisotopic (exact) mass is 214 g/mol. The summed E-state index contributed by atoms with van der Waals surface area (Å²) in [6.45, 7) is 5.45. The standard InChI is InChI=1S/C10H18N2O3/c1-6-4-7(6)11-9(15)12-10(2,3)5-8(13)14/h6-7H,4-5H2,1-3H3,(H,13,14)(H2,11,12,15). The summed E-state index contributed by atoms with van der Waals surface area (Å²) in [4.78, 5) is 21.9. The van der Waals surface area contributed by atoms with E-state index in [4.69, 9.17) is 5.11 Å². The van der Waals surface area contributed by atoms with Crippen LogP contribution in [0.25, 0.3) is 0 Å². The maximum absolute atomic E-state index is 11.4. The quantitative estimate of drug-likeness (QED) is 0.652. The zero-order valence-corrected chi connectivity index (χ0v) is 9.33. The largest absolute Gasteiger partial charge is 0.481 e. The summed E-state index contributed by atoms with van der Waals surface area (Å²) in [6, 6.07) is -0.0266. The number of amides is 2. The van der Waals surface area contributed by atoms with Crippen LogP contribution in [0.1, 0.15) is 33.6 Å². The summed E-state index contributed by atoms with van der Waals surface area (Å²) in [7, 11) is 0. The highest BCUT2D eigenvalue weighted by molar-refractivity contribution is 5.77. The van der Waals surface area contributed by atoms with E-state index in [1.54, 1.807) is 13.8 Å². The minimum Gasteiger partial charge on any atom is -0.481 e. The van der Waals surface area contributed by atoms with Crippen molar-refractivity contribution in [3.05, 3.63) is 0 Å². The van der Waals surface area contributed by atoms with E-state index in [0.29, 0.717) is 5.92 Å². The van der Waals surface area contributed by atoms with Gasteiger partial charge in [-0.1, -0.05) is 6.92 Å². The Morgan fingerprint density at radius 1 is 1.47 bits per heavy atom. The second-order valence-corrected chi connectivity index (χ2v) is 4.87. The van der Waals surface area contributed by atoms with E-state index in [9.17, 15) is 9.59 Å². The molecule has 1 aliphatic carbocycles. The molecular weight excluding hydrogens is 196 g/mol. The molecule has 0 aromatic rings. The minimum absolute atomic E-state index is 0.0827. The molecule has 0 saturated heterocycles. The molecule has 86 valence electrons. The third-order valence-corrected chi connectivity index (χ3v) is 2.47. The number of urea groups is 1.